The molecule has 33 heavy (non-hydrogen) atoms. The lowest BCUT2D eigenvalue weighted by Gasteiger charge is -2.14. The molecule has 0 saturated carbocycles. The maximum atomic E-state index is 12.8. The zero-order chi connectivity index (χ0) is 24.6. The van der Waals surface area contributed by atoms with Gasteiger partial charge in [-0.25, -0.2) is 13.9 Å². The number of nitrogens with zero attached hydrogens (tertiary/aromatic N) is 1. The summed E-state index contributed by atoms with van der Waals surface area (Å²) in [4.78, 5) is 29.7. The Labute approximate surface area is 190 Å². The fraction of sp³-hybridized carbons (Fsp3) is 0.316. The molecule has 0 aliphatic carbocycles. The van der Waals surface area contributed by atoms with Gasteiger partial charge < -0.3 is 25.1 Å². The number of hydrogen-bond acceptors (Lipinski definition) is 8. The third kappa shape index (κ3) is 6.85. The molecule has 1 aromatic heterocycles. The van der Waals surface area contributed by atoms with Gasteiger partial charge in [0.2, 0.25) is 11.9 Å². The second kappa shape index (κ2) is 11.2. The number of nitrogens with one attached hydrogen (secondary N) is 4. The maximum Gasteiger partial charge on any atom is 0.275 e. The molecule has 0 spiro atoms. The molecule has 0 radical (unpaired) electrons. The summed E-state index contributed by atoms with van der Waals surface area (Å²) in [5, 5.41) is 9.48. The highest BCUT2D eigenvalue weighted by Gasteiger charge is 2.20. The van der Waals surface area contributed by atoms with E-state index in [0.717, 1.165) is 4.57 Å². The van der Waals surface area contributed by atoms with Crippen molar-refractivity contribution in [1.82, 2.24) is 15.4 Å². The van der Waals surface area contributed by atoms with E-state index >= 15 is 0 Å². The standard InChI is InChI=1S/C19H26N6O7S/c1-12-4-6-14(18(27)25(12)11-17(26)22-8-9-32-23-19(20)21)24-33(28,29)13-5-7-15(30-2)16(10-13)31-3/h4-7,10,24H,8-9,11H2,1-3H3,(H,22,26)(H4,20,21,23). The number of benzene rings is 1. The predicted molar refractivity (Wildman–Crippen MR) is 120 cm³/mol. The Bertz CT molecular complexity index is 1180. The number of hydrogen-bond donors (Lipinski definition) is 5. The molecule has 2 rings (SSSR count). The summed E-state index contributed by atoms with van der Waals surface area (Å²) in [6.07, 6.45) is 0. The number of rotatable bonds is 11. The Hall–Kier alpha value is -3.78. The molecule has 0 aliphatic heterocycles. The highest BCUT2D eigenvalue weighted by Crippen LogP contribution is 2.29. The number of nitrogens with two attached hydrogens (primary N) is 1. The molecule has 1 amide bonds. The Morgan fingerprint density at radius 1 is 1.15 bits per heavy atom. The summed E-state index contributed by atoms with van der Waals surface area (Å²) >= 11 is 0. The number of guanidine groups is 1. The Kier molecular flexibility index (Phi) is 8.64. The minimum absolute atomic E-state index is 0.0321. The summed E-state index contributed by atoms with van der Waals surface area (Å²) in [7, 11) is -1.34. The normalized spacial score (nSPS) is 10.9. The van der Waals surface area contributed by atoms with Gasteiger partial charge in [0.25, 0.3) is 15.6 Å². The van der Waals surface area contributed by atoms with E-state index < -0.39 is 21.5 Å². The first-order chi connectivity index (χ1) is 15.6. The van der Waals surface area contributed by atoms with Crippen LogP contribution in [0.1, 0.15) is 5.69 Å². The number of carbonyl (C=O) groups excluding carboxylic acids is 1. The fourth-order valence-corrected chi connectivity index (χ4v) is 3.77. The lowest BCUT2D eigenvalue weighted by molar-refractivity contribution is -0.122. The van der Waals surface area contributed by atoms with E-state index in [4.69, 9.17) is 25.5 Å². The molecule has 0 atom stereocenters. The van der Waals surface area contributed by atoms with Gasteiger partial charge in [0.15, 0.2) is 11.5 Å². The molecular weight excluding hydrogens is 456 g/mol. The summed E-state index contributed by atoms with van der Waals surface area (Å²) < 4.78 is 39.2. The largest absolute Gasteiger partial charge is 0.493 e. The number of amides is 1. The number of aryl methyl sites for hydroxylation is 1. The molecular formula is C19H26N6O7S. The van der Waals surface area contributed by atoms with Crippen molar-refractivity contribution in [3.05, 3.63) is 46.4 Å². The van der Waals surface area contributed by atoms with Gasteiger partial charge in [-0.05, 0) is 31.2 Å². The highest BCUT2D eigenvalue weighted by molar-refractivity contribution is 7.92. The van der Waals surface area contributed by atoms with E-state index in [9.17, 15) is 18.0 Å². The average molecular weight is 483 g/mol. The number of pyridine rings is 1. The van der Waals surface area contributed by atoms with Crippen LogP contribution in [-0.4, -0.2) is 52.2 Å². The third-order valence-electron chi connectivity index (χ3n) is 4.31. The maximum absolute atomic E-state index is 12.8. The molecule has 180 valence electrons. The molecule has 1 aromatic carbocycles. The van der Waals surface area contributed by atoms with Crippen molar-refractivity contribution in [2.24, 2.45) is 5.73 Å². The number of aromatic nitrogens is 1. The third-order valence-corrected chi connectivity index (χ3v) is 5.68. The Morgan fingerprint density at radius 3 is 2.48 bits per heavy atom. The van der Waals surface area contributed by atoms with Crippen LogP contribution in [0.15, 0.2) is 40.0 Å². The van der Waals surface area contributed by atoms with E-state index in [0.29, 0.717) is 11.4 Å². The van der Waals surface area contributed by atoms with Crippen molar-refractivity contribution in [3.63, 3.8) is 0 Å². The predicted octanol–water partition coefficient (Wildman–Crippen LogP) is -0.494. The first kappa shape index (κ1) is 25.5. The van der Waals surface area contributed by atoms with Crippen molar-refractivity contribution in [1.29, 1.82) is 5.41 Å². The summed E-state index contributed by atoms with van der Waals surface area (Å²) in [5.74, 6) is -0.314. The van der Waals surface area contributed by atoms with Gasteiger partial charge in [0.05, 0.1) is 25.7 Å². The SMILES string of the molecule is COc1ccc(S(=O)(=O)Nc2ccc(C)n(CC(=O)NCCONC(=N)N)c2=O)cc1OC. The van der Waals surface area contributed by atoms with E-state index in [-0.39, 0.29) is 42.0 Å². The average Bonchev–Trinajstić information content (AvgIpc) is 2.77. The van der Waals surface area contributed by atoms with Crippen LogP contribution in [0.4, 0.5) is 5.69 Å². The van der Waals surface area contributed by atoms with Gasteiger partial charge in [0, 0.05) is 18.3 Å². The molecule has 2 aromatic rings. The van der Waals surface area contributed by atoms with Crippen molar-refractivity contribution >= 4 is 27.6 Å². The van der Waals surface area contributed by atoms with Crippen molar-refractivity contribution in [2.45, 2.75) is 18.4 Å². The van der Waals surface area contributed by atoms with Gasteiger partial charge in [0.1, 0.15) is 12.2 Å². The first-order valence-corrected chi connectivity index (χ1v) is 11.0. The lowest BCUT2D eigenvalue weighted by Crippen LogP contribution is -2.37. The lowest BCUT2D eigenvalue weighted by atomic mass is 10.3. The minimum Gasteiger partial charge on any atom is -0.493 e. The van der Waals surface area contributed by atoms with Gasteiger partial charge in [-0.15, -0.1) is 0 Å². The van der Waals surface area contributed by atoms with E-state index in [1.54, 1.807) is 6.92 Å². The van der Waals surface area contributed by atoms with Gasteiger partial charge >= 0.3 is 0 Å². The molecule has 0 fully saturated rings. The minimum atomic E-state index is -4.13. The topological polar surface area (TPSA) is 187 Å². The number of ether oxygens (including phenoxy) is 2. The number of carbonyl (C=O) groups is 1. The van der Waals surface area contributed by atoms with E-state index in [1.807, 2.05) is 0 Å². The van der Waals surface area contributed by atoms with Crippen molar-refractivity contribution in [3.8, 4) is 11.5 Å². The molecule has 0 bridgehead atoms. The molecule has 0 aliphatic rings. The summed E-state index contributed by atoms with van der Waals surface area (Å²) in [6.45, 7) is 1.40. The van der Waals surface area contributed by atoms with Crippen LogP contribution in [0.2, 0.25) is 0 Å². The number of methoxy groups -OCH3 is 2. The van der Waals surface area contributed by atoms with E-state index in [2.05, 4.69) is 15.5 Å². The number of hydroxylamine groups is 1. The highest BCUT2D eigenvalue weighted by atomic mass is 32.2. The first-order valence-electron chi connectivity index (χ1n) is 9.53. The van der Waals surface area contributed by atoms with Crippen LogP contribution < -0.4 is 36.3 Å². The van der Waals surface area contributed by atoms with Crippen LogP contribution >= 0.6 is 0 Å². The summed E-state index contributed by atoms with van der Waals surface area (Å²) in [6, 6.07) is 6.85. The second-order valence-corrected chi connectivity index (χ2v) is 8.30. The Morgan fingerprint density at radius 2 is 1.85 bits per heavy atom. The molecule has 1 heterocycles. The molecule has 6 N–H and O–H groups in total. The van der Waals surface area contributed by atoms with Gasteiger partial charge in [-0.3, -0.25) is 24.6 Å². The zero-order valence-corrected chi connectivity index (χ0v) is 19.1. The van der Waals surface area contributed by atoms with Crippen LogP contribution in [-0.2, 0) is 26.2 Å². The molecule has 13 nitrogen and oxygen atoms in total. The fourth-order valence-electron chi connectivity index (χ4n) is 2.70. The summed E-state index contributed by atoms with van der Waals surface area (Å²) in [5.41, 5.74) is 6.71. The van der Waals surface area contributed by atoms with Gasteiger partial charge in [-0.1, -0.05) is 0 Å². The Balaban J connectivity index is 2.16. The molecule has 0 unspecified atom stereocenters. The number of anilines is 1. The van der Waals surface area contributed by atoms with Crippen LogP contribution in [0.5, 0.6) is 11.5 Å². The second-order valence-electron chi connectivity index (χ2n) is 6.62. The van der Waals surface area contributed by atoms with Crippen LogP contribution in [0.25, 0.3) is 0 Å². The van der Waals surface area contributed by atoms with Gasteiger partial charge in [-0.2, -0.15) is 0 Å². The number of sulfonamides is 1. The van der Waals surface area contributed by atoms with E-state index in [1.165, 1.54) is 44.6 Å². The smallest absolute Gasteiger partial charge is 0.275 e. The monoisotopic (exact) mass is 482 g/mol. The molecule has 0 saturated heterocycles. The quantitative estimate of drug-likeness (QED) is 0.122. The van der Waals surface area contributed by atoms with Crippen molar-refractivity contribution < 1.29 is 27.5 Å². The van der Waals surface area contributed by atoms with Crippen LogP contribution in [0.3, 0.4) is 0 Å². The zero-order valence-electron chi connectivity index (χ0n) is 18.3. The van der Waals surface area contributed by atoms with Crippen LogP contribution in [0, 0.1) is 12.3 Å². The van der Waals surface area contributed by atoms with Crippen molar-refractivity contribution in [2.75, 3.05) is 32.1 Å². The molecule has 14 heteroatoms.